The van der Waals surface area contributed by atoms with Crippen molar-refractivity contribution >= 4 is 17.8 Å². The standard InChI is InChI=1S/C19H29N5O3/c1-23(2)19(26)24-9-6-14(7-10-24)12-17(25)22-8-11-27-16-5-3-4-15(13-16)18(20)21/h3-5,13-14H,6-12H2,1-2H3,(H3,20,21)(H,22,25). The Hall–Kier alpha value is -2.77. The molecule has 0 unspecified atom stereocenters. The van der Waals surface area contributed by atoms with Crippen LogP contribution in [0.15, 0.2) is 24.3 Å². The number of carbonyl (C=O) groups is 2. The van der Waals surface area contributed by atoms with Crippen LogP contribution in [-0.4, -0.2) is 67.9 Å². The van der Waals surface area contributed by atoms with Gasteiger partial charge in [0.25, 0.3) is 0 Å². The molecule has 1 fully saturated rings. The Morgan fingerprint density at radius 3 is 2.67 bits per heavy atom. The normalized spacial score (nSPS) is 14.5. The summed E-state index contributed by atoms with van der Waals surface area (Å²) in [7, 11) is 3.50. The van der Waals surface area contributed by atoms with E-state index in [1.54, 1.807) is 43.3 Å². The second kappa shape index (κ2) is 9.80. The predicted octanol–water partition coefficient (Wildman–Crippen LogP) is 1.25. The molecule has 0 radical (unpaired) electrons. The zero-order valence-electron chi connectivity index (χ0n) is 16.0. The van der Waals surface area contributed by atoms with Gasteiger partial charge in [0.05, 0.1) is 6.54 Å². The molecule has 0 aliphatic carbocycles. The van der Waals surface area contributed by atoms with E-state index >= 15 is 0 Å². The Balaban J connectivity index is 1.64. The number of piperidine rings is 1. The zero-order chi connectivity index (χ0) is 19.8. The first-order valence-electron chi connectivity index (χ1n) is 9.17. The van der Waals surface area contributed by atoms with Gasteiger partial charge in [-0.1, -0.05) is 12.1 Å². The number of ether oxygens (including phenoxy) is 1. The molecule has 1 aliphatic heterocycles. The number of amides is 3. The number of carbonyl (C=O) groups excluding carboxylic acids is 2. The maximum atomic E-state index is 12.1. The van der Waals surface area contributed by atoms with Gasteiger partial charge in [0, 0.05) is 39.2 Å². The number of likely N-dealkylation sites (tertiary alicyclic amines) is 1. The van der Waals surface area contributed by atoms with Gasteiger partial charge in [-0.15, -0.1) is 0 Å². The molecule has 8 nitrogen and oxygen atoms in total. The van der Waals surface area contributed by atoms with Crippen LogP contribution in [0, 0.1) is 11.3 Å². The number of urea groups is 1. The van der Waals surface area contributed by atoms with Gasteiger partial charge in [0.1, 0.15) is 18.2 Å². The van der Waals surface area contributed by atoms with Crippen molar-refractivity contribution < 1.29 is 14.3 Å². The van der Waals surface area contributed by atoms with Crippen LogP contribution in [0.25, 0.3) is 0 Å². The molecule has 0 saturated carbocycles. The van der Waals surface area contributed by atoms with Crippen LogP contribution in [0.3, 0.4) is 0 Å². The second-order valence-corrected chi connectivity index (χ2v) is 6.95. The van der Waals surface area contributed by atoms with E-state index in [2.05, 4.69) is 5.32 Å². The molecule has 1 aromatic rings. The lowest BCUT2D eigenvalue weighted by atomic mass is 9.93. The minimum Gasteiger partial charge on any atom is -0.492 e. The molecule has 4 N–H and O–H groups in total. The number of nitrogens with one attached hydrogen (secondary N) is 2. The van der Waals surface area contributed by atoms with Crippen LogP contribution >= 0.6 is 0 Å². The van der Waals surface area contributed by atoms with Gasteiger partial charge in [-0.2, -0.15) is 0 Å². The first-order valence-corrected chi connectivity index (χ1v) is 9.17. The van der Waals surface area contributed by atoms with Crippen molar-refractivity contribution in [1.29, 1.82) is 5.41 Å². The van der Waals surface area contributed by atoms with Gasteiger partial charge >= 0.3 is 6.03 Å². The van der Waals surface area contributed by atoms with Crippen molar-refractivity contribution in [2.24, 2.45) is 11.7 Å². The Kier molecular flexibility index (Phi) is 7.45. The average Bonchev–Trinajstić information content (AvgIpc) is 2.65. The minimum absolute atomic E-state index is 0.00733. The van der Waals surface area contributed by atoms with Gasteiger partial charge < -0.3 is 25.6 Å². The smallest absolute Gasteiger partial charge is 0.319 e. The second-order valence-electron chi connectivity index (χ2n) is 6.95. The van der Waals surface area contributed by atoms with Crippen molar-refractivity contribution in [3.63, 3.8) is 0 Å². The maximum absolute atomic E-state index is 12.1. The predicted molar refractivity (Wildman–Crippen MR) is 104 cm³/mol. The number of hydrogen-bond donors (Lipinski definition) is 3. The van der Waals surface area contributed by atoms with Gasteiger partial charge in [-0.05, 0) is 30.9 Å². The Morgan fingerprint density at radius 1 is 1.33 bits per heavy atom. The van der Waals surface area contributed by atoms with E-state index in [1.165, 1.54) is 0 Å². The van der Waals surface area contributed by atoms with Gasteiger partial charge in [0.15, 0.2) is 0 Å². The monoisotopic (exact) mass is 375 g/mol. The number of nitrogen functional groups attached to an aromatic ring is 1. The molecule has 148 valence electrons. The van der Waals surface area contributed by atoms with Crippen molar-refractivity contribution in [1.82, 2.24) is 15.1 Å². The van der Waals surface area contributed by atoms with Crippen molar-refractivity contribution in [2.45, 2.75) is 19.3 Å². The summed E-state index contributed by atoms with van der Waals surface area (Å²) in [5.41, 5.74) is 6.06. The van der Waals surface area contributed by atoms with E-state index in [0.29, 0.717) is 49.9 Å². The van der Waals surface area contributed by atoms with Crippen LogP contribution in [0.4, 0.5) is 4.79 Å². The van der Waals surface area contributed by atoms with E-state index in [4.69, 9.17) is 15.9 Å². The summed E-state index contributed by atoms with van der Waals surface area (Å²) in [6, 6.07) is 7.04. The molecule has 2 rings (SSSR count). The molecule has 0 atom stereocenters. The minimum atomic E-state index is -0.00733. The summed E-state index contributed by atoms with van der Waals surface area (Å²) in [4.78, 5) is 27.4. The van der Waals surface area contributed by atoms with Crippen LogP contribution in [0.1, 0.15) is 24.8 Å². The summed E-state index contributed by atoms with van der Waals surface area (Å²) < 4.78 is 5.58. The topological polar surface area (TPSA) is 112 Å². The lowest BCUT2D eigenvalue weighted by Crippen LogP contribution is -2.44. The molecule has 1 saturated heterocycles. The van der Waals surface area contributed by atoms with Gasteiger partial charge in [0.2, 0.25) is 5.91 Å². The van der Waals surface area contributed by atoms with E-state index in [0.717, 1.165) is 12.8 Å². The van der Waals surface area contributed by atoms with Crippen molar-refractivity contribution in [3.05, 3.63) is 29.8 Å². The number of rotatable bonds is 7. The molecule has 0 aromatic heterocycles. The van der Waals surface area contributed by atoms with E-state index in [9.17, 15) is 9.59 Å². The zero-order valence-corrected chi connectivity index (χ0v) is 16.0. The third kappa shape index (κ3) is 6.47. The lowest BCUT2D eigenvalue weighted by Gasteiger charge is -2.33. The van der Waals surface area contributed by atoms with E-state index in [1.807, 2.05) is 4.90 Å². The summed E-state index contributed by atoms with van der Waals surface area (Å²) in [5.74, 6) is 0.930. The Morgan fingerprint density at radius 2 is 2.04 bits per heavy atom. The quantitative estimate of drug-likeness (QED) is 0.378. The highest BCUT2D eigenvalue weighted by molar-refractivity contribution is 5.95. The molecule has 27 heavy (non-hydrogen) atoms. The van der Waals surface area contributed by atoms with Crippen molar-refractivity contribution in [2.75, 3.05) is 40.3 Å². The lowest BCUT2D eigenvalue weighted by molar-refractivity contribution is -0.122. The average molecular weight is 375 g/mol. The van der Waals surface area contributed by atoms with Crippen LogP contribution in [0.2, 0.25) is 0 Å². The summed E-state index contributed by atoms with van der Waals surface area (Å²) in [6.45, 7) is 2.17. The Labute approximate surface area is 160 Å². The SMILES string of the molecule is CN(C)C(=O)N1CCC(CC(=O)NCCOc2cccc(C(=N)N)c2)CC1. The highest BCUT2D eigenvalue weighted by Gasteiger charge is 2.25. The summed E-state index contributed by atoms with van der Waals surface area (Å²) >= 11 is 0. The largest absolute Gasteiger partial charge is 0.492 e. The highest BCUT2D eigenvalue weighted by Crippen LogP contribution is 2.21. The van der Waals surface area contributed by atoms with Crippen LogP contribution in [-0.2, 0) is 4.79 Å². The summed E-state index contributed by atoms with van der Waals surface area (Å²) in [5, 5.41) is 10.3. The molecular weight excluding hydrogens is 346 g/mol. The molecule has 0 spiro atoms. The van der Waals surface area contributed by atoms with E-state index in [-0.39, 0.29) is 17.8 Å². The molecule has 8 heteroatoms. The summed E-state index contributed by atoms with van der Waals surface area (Å²) in [6.07, 6.45) is 2.17. The fourth-order valence-corrected chi connectivity index (χ4v) is 3.06. The fraction of sp³-hybridized carbons (Fsp3) is 0.526. The molecule has 1 heterocycles. The molecule has 3 amide bonds. The third-order valence-electron chi connectivity index (χ3n) is 4.58. The first kappa shape index (κ1) is 20.5. The molecule has 1 aliphatic rings. The Bertz CT molecular complexity index is 669. The first-order chi connectivity index (χ1) is 12.9. The molecular formula is C19H29N5O3. The highest BCUT2D eigenvalue weighted by atomic mass is 16.5. The number of hydrogen-bond acceptors (Lipinski definition) is 4. The molecule has 0 bridgehead atoms. The molecule has 1 aromatic carbocycles. The number of amidine groups is 1. The van der Waals surface area contributed by atoms with Gasteiger partial charge in [-0.3, -0.25) is 10.2 Å². The third-order valence-corrected chi connectivity index (χ3v) is 4.58. The van der Waals surface area contributed by atoms with Gasteiger partial charge in [-0.25, -0.2) is 4.79 Å². The maximum Gasteiger partial charge on any atom is 0.319 e. The van der Waals surface area contributed by atoms with Crippen LogP contribution < -0.4 is 15.8 Å². The van der Waals surface area contributed by atoms with Crippen molar-refractivity contribution in [3.8, 4) is 5.75 Å². The van der Waals surface area contributed by atoms with E-state index < -0.39 is 0 Å². The number of nitrogens with two attached hydrogens (primary N) is 1. The number of benzene rings is 1. The van der Waals surface area contributed by atoms with Crippen LogP contribution in [0.5, 0.6) is 5.75 Å². The number of nitrogens with zero attached hydrogens (tertiary/aromatic N) is 2. The fourth-order valence-electron chi connectivity index (χ4n) is 3.06.